The zero-order chi connectivity index (χ0) is 22.9. The first-order chi connectivity index (χ1) is 16.0. The maximum absolute atomic E-state index is 14.1. The average molecular weight is 445 g/mol. The highest BCUT2D eigenvalue weighted by Gasteiger charge is 2.31. The third-order valence-electron chi connectivity index (χ3n) is 6.00. The van der Waals surface area contributed by atoms with Crippen LogP contribution in [0.4, 0.5) is 14.5 Å². The van der Waals surface area contributed by atoms with Gasteiger partial charge in [0.1, 0.15) is 17.3 Å². The van der Waals surface area contributed by atoms with Gasteiger partial charge in [0.15, 0.2) is 0 Å². The summed E-state index contributed by atoms with van der Waals surface area (Å²) >= 11 is 0. The molecule has 2 aromatic heterocycles. The minimum absolute atomic E-state index is 0.249. The molecule has 5 nitrogen and oxygen atoms in total. The summed E-state index contributed by atoms with van der Waals surface area (Å²) in [4.78, 5) is 30.0. The molecule has 4 aromatic rings. The molecule has 1 amide bonds. The van der Waals surface area contributed by atoms with Crippen LogP contribution in [0, 0.1) is 11.6 Å². The van der Waals surface area contributed by atoms with Crippen LogP contribution in [0.5, 0.6) is 0 Å². The molecule has 5 rings (SSSR count). The molecule has 1 saturated heterocycles. The van der Waals surface area contributed by atoms with E-state index in [0.29, 0.717) is 43.0 Å². The van der Waals surface area contributed by atoms with Crippen LogP contribution >= 0.6 is 0 Å². The summed E-state index contributed by atoms with van der Waals surface area (Å²) in [5.41, 5.74) is 2.73. The lowest BCUT2D eigenvalue weighted by Gasteiger charge is -2.35. The summed E-state index contributed by atoms with van der Waals surface area (Å²) in [7, 11) is 0. The number of aromatic nitrogens is 1. The second-order valence-electron chi connectivity index (χ2n) is 7.97. The Hall–Kier alpha value is -4.00. The van der Waals surface area contributed by atoms with Crippen LogP contribution in [0.15, 0.2) is 79.0 Å². The lowest BCUT2D eigenvalue weighted by molar-refractivity contribution is -0.126. The van der Waals surface area contributed by atoms with Gasteiger partial charge in [-0.1, -0.05) is 30.3 Å². The van der Waals surface area contributed by atoms with Crippen LogP contribution in [0.3, 0.4) is 0 Å². The van der Waals surface area contributed by atoms with Crippen molar-refractivity contribution >= 4 is 22.9 Å². The Morgan fingerprint density at radius 1 is 0.788 bits per heavy atom. The van der Waals surface area contributed by atoms with E-state index in [2.05, 4.69) is 0 Å². The Morgan fingerprint density at radius 2 is 1.48 bits per heavy atom. The highest BCUT2D eigenvalue weighted by molar-refractivity contribution is 6.43. The lowest BCUT2D eigenvalue weighted by atomic mass is 10.0. The van der Waals surface area contributed by atoms with Gasteiger partial charge in [-0.25, -0.2) is 8.78 Å². The van der Waals surface area contributed by atoms with Crippen LogP contribution in [0.2, 0.25) is 0 Å². The molecule has 2 aromatic carbocycles. The molecule has 1 aliphatic rings. The normalized spacial score (nSPS) is 14.0. The lowest BCUT2D eigenvalue weighted by Crippen LogP contribution is -2.51. The first kappa shape index (κ1) is 20.9. The molecular formula is C26H21F2N3O2. The van der Waals surface area contributed by atoms with E-state index in [1.54, 1.807) is 47.0 Å². The van der Waals surface area contributed by atoms with Crippen molar-refractivity contribution in [3.63, 3.8) is 0 Å². The Balaban J connectivity index is 1.42. The summed E-state index contributed by atoms with van der Waals surface area (Å²) in [6, 6.07) is 19.7. The monoisotopic (exact) mass is 445 g/mol. The van der Waals surface area contributed by atoms with Crippen molar-refractivity contribution in [3.05, 3.63) is 96.3 Å². The number of ketones is 1. The molecule has 166 valence electrons. The van der Waals surface area contributed by atoms with E-state index in [-0.39, 0.29) is 17.3 Å². The van der Waals surface area contributed by atoms with Gasteiger partial charge in [0, 0.05) is 43.5 Å². The highest BCUT2D eigenvalue weighted by atomic mass is 19.1. The molecular weight excluding hydrogens is 424 g/mol. The average Bonchev–Trinajstić information content (AvgIpc) is 3.23. The molecule has 33 heavy (non-hydrogen) atoms. The number of benzene rings is 2. The molecule has 0 atom stereocenters. The fourth-order valence-corrected chi connectivity index (χ4v) is 4.31. The Morgan fingerprint density at radius 3 is 2.21 bits per heavy atom. The van der Waals surface area contributed by atoms with Crippen LogP contribution in [0.25, 0.3) is 16.6 Å². The maximum Gasteiger partial charge on any atom is 0.296 e. The number of rotatable bonds is 4. The van der Waals surface area contributed by atoms with Gasteiger partial charge in [-0.3, -0.25) is 9.59 Å². The van der Waals surface area contributed by atoms with Crippen LogP contribution < -0.4 is 4.90 Å². The Bertz CT molecular complexity index is 1340. The summed E-state index contributed by atoms with van der Waals surface area (Å²) in [5.74, 6) is -1.91. The number of pyridine rings is 1. The largest absolute Gasteiger partial charge is 0.366 e. The van der Waals surface area contributed by atoms with Gasteiger partial charge in [-0.2, -0.15) is 0 Å². The maximum atomic E-state index is 14.1. The van der Waals surface area contributed by atoms with Crippen molar-refractivity contribution in [2.45, 2.75) is 0 Å². The molecule has 7 heteroatoms. The third-order valence-corrected chi connectivity index (χ3v) is 6.00. The minimum Gasteiger partial charge on any atom is -0.366 e. The Kier molecular flexibility index (Phi) is 5.38. The van der Waals surface area contributed by atoms with Crippen LogP contribution in [0.1, 0.15) is 10.5 Å². The zero-order valence-electron chi connectivity index (χ0n) is 17.7. The van der Waals surface area contributed by atoms with E-state index < -0.39 is 11.7 Å². The van der Waals surface area contributed by atoms with E-state index in [1.807, 2.05) is 23.1 Å². The number of piperazine rings is 1. The molecule has 0 N–H and O–H groups in total. The van der Waals surface area contributed by atoms with E-state index in [4.69, 9.17) is 0 Å². The number of para-hydroxylation sites is 1. The molecule has 0 saturated carbocycles. The fraction of sp³-hybridized carbons (Fsp3) is 0.154. The van der Waals surface area contributed by atoms with Crippen molar-refractivity contribution in [1.82, 2.24) is 9.30 Å². The van der Waals surface area contributed by atoms with Crippen molar-refractivity contribution in [3.8, 4) is 11.1 Å². The molecule has 1 aliphatic heterocycles. The second kappa shape index (κ2) is 8.50. The number of halogens is 2. The number of Topliss-reactive ketones (excluding diaryl/α,β-unsaturated/α-hetero) is 1. The second-order valence-corrected chi connectivity index (χ2v) is 7.97. The zero-order valence-corrected chi connectivity index (χ0v) is 17.7. The Labute approximate surface area is 189 Å². The highest BCUT2D eigenvalue weighted by Crippen LogP contribution is 2.29. The van der Waals surface area contributed by atoms with Crippen LogP contribution in [-0.2, 0) is 4.79 Å². The number of amides is 1. The number of carbonyl (C=O) groups is 2. The summed E-state index contributed by atoms with van der Waals surface area (Å²) in [5, 5.41) is 0. The number of nitrogens with zero attached hydrogens (tertiary/aromatic N) is 3. The van der Waals surface area contributed by atoms with Gasteiger partial charge >= 0.3 is 0 Å². The number of carbonyl (C=O) groups excluding carboxylic acids is 2. The van der Waals surface area contributed by atoms with Gasteiger partial charge in [-0.15, -0.1) is 0 Å². The van der Waals surface area contributed by atoms with Crippen LogP contribution in [-0.4, -0.2) is 47.2 Å². The molecule has 0 aliphatic carbocycles. The molecule has 0 unspecified atom stereocenters. The van der Waals surface area contributed by atoms with E-state index >= 15 is 0 Å². The number of fused-ring (bicyclic) bond motifs is 1. The van der Waals surface area contributed by atoms with Gasteiger partial charge in [0.05, 0.1) is 5.69 Å². The van der Waals surface area contributed by atoms with E-state index in [1.165, 1.54) is 23.1 Å². The van der Waals surface area contributed by atoms with E-state index in [0.717, 1.165) is 5.52 Å². The quantitative estimate of drug-likeness (QED) is 0.345. The van der Waals surface area contributed by atoms with Gasteiger partial charge in [0.25, 0.3) is 11.7 Å². The fourth-order valence-electron chi connectivity index (χ4n) is 4.31. The number of hydrogen-bond donors (Lipinski definition) is 0. The van der Waals surface area contributed by atoms with Gasteiger partial charge in [-0.05, 0) is 48.0 Å². The standard InChI is InChI=1S/C26H21F2N3O2/c27-19-10-8-18(9-11-19)21-17-20-5-3-4-12-31(20)24(21)25(32)26(33)30-15-13-29(14-16-30)23-7-2-1-6-22(23)28/h1-12,17H,13-16H2. The SMILES string of the molecule is O=C(C(=O)N1CCN(c2ccccc2F)CC1)c1c(-c2ccc(F)cc2)cc2ccccn12. The topological polar surface area (TPSA) is 45.0 Å². The number of anilines is 1. The predicted molar refractivity (Wildman–Crippen MR) is 122 cm³/mol. The van der Waals surface area contributed by atoms with Crippen molar-refractivity contribution in [2.24, 2.45) is 0 Å². The summed E-state index contributed by atoms with van der Waals surface area (Å²) in [6.07, 6.45) is 1.74. The molecule has 0 spiro atoms. The first-order valence-electron chi connectivity index (χ1n) is 10.7. The molecule has 0 bridgehead atoms. The van der Waals surface area contributed by atoms with Gasteiger partial charge in [0.2, 0.25) is 0 Å². The van der Waals surface area contributed by atoms with Crippen molar-refractivity contribution in [2.75, 3.05) is 31.1 Å². The molecule has 0 radical (unpaired) electrons. The summed E-state index contributed by atoms with van der Waals surface area (Å²) < 4.78 is 29.3. The van der Waals surface area contributed by atoms with Gasteiger partial charge < -0.3 is 14.2 Å². The molecule has 1 fully saturated rings. The minimum atomic E-state index is -0.625. The first-order valence-corrected chi connectivity index (χ1v) is 10.7. The smallest absolute Gasteiger partial charge is 0.296 e. The predicted octanol–water partition coefficient (Wildman–Crippen LogP) is 4.42. The number of hydrogen-bond acceptors (Lipinski definition) is 3. The molecule has 3 heterocycles. The van der Waals surface area contributed by atoms with E-state index in [9.17, 15) is 18.4 Å². The van der Waals surface area contributed by atoms with Crippen molar-refractivity contribution in [1.29, 1.82) is 0 Å². The third kappa shape index (κ3) is 3.86. The summed E-state index contributed by atoms with van der Waals surface area (Å²) in [6.45, 7) is 1.49. The van der Waals surface area contributed by atoms with Crippen molar-refractivity contribution < 1.29 is 18.4 Å².